The summed E-state index contributed by atoms with van der Waals surface area (Å²) in [5.74, 6) is -0.754. The van der Waals surface area contributed by atoms with Crippen molar-refractivity contribution in [2.24, 2.45) is 0 Å². The van der Waals surface area contributed by atoms with E-state index in [4.69, 9.17) is 4.74 Å². The van der Waals surface area contributed by atoms with Crippen LogP contribution in [-0.2, 0) is 19.1 Å². The quantitative estimate of drug-likeness (QED) is 0.435. The minimum absolute atomic E-state index is 0.0908. The number of ether oxygens (including phenoxy) is 2. The Balaban J connectivity index is 3.42. The van der Waals surface area contributed by atoms with E-state index in [-0.39, 0.29) is 30.0 Å². The summed E-state index contributed by atoms with van der Waals surface area (Å²) in [6.07, 6.45) is 0. The van der Waals surface area contributed by atoms with Gasteiger partial charge in [-0.15, -0.1) is 0 Å². The van der Waals surface area contributed by atoms with Gasteiger partial charge in [0.2, 0.25) is 0 Å². The second kappa shape index (κ2) is 7.32. The molecule has 13 heavy (non-hydrogen) atoms. The summed E-state index contributed by atoms with van der Waals surface area (Å²) in [7, 11) is 0. The fourth-order valence-electron chi connectivity index (χ4n) is 0.481. The molecule has 0 aliphatic carbocycles. The van der Waals surface area contributed by atoms with Gasteiger partial charge in [-0.3, -0.25) is 9.59 Å². The van der Waals surface area contributed by atoms with E-state index in [1.165, 1.54) is 6.92 Å². The van der Waals surface area contributed by atoms with Gasteiger partial charge in [0.25, 0.3) is 0 Å². The lowest BCUT2D eigenvalue weighted by Gasteiger charge is -2.07. The van der Waals surface area contributed by atoms with E-state index in [0.717, 1.165) is 0 Å². The van der Waals surface area contributed by atoms with Crippen LogP contribution in [0, 0.1) is 0 Å². The Bertz CT molecular complexity index is 183. The molecule has 0 fully saturated rings. The minimum Gasteiger partial charge on any atom is -0.462 e. The van der Waals surface area contributed by atoms with Gasteiger partial charge in [-0.2, -0.15) is 0 Å². The van der Waals surface area contributed by atoms with E-state index in [2.05, 4.69) is 36.6 Å². The summed E-state index contributed by atoms with van der Waals surface area (Å²) in [6, 6.07) is 0. The average Bonchev–Trinajstić information content (AvgIpc) is 2.10. The average molecular weight is 318 g/mol. The molecular weight excluding hydrogens is 308 g/mol. The Morgan fingerprint density at radius 2 is 1.85 bits per heavy atom. The lowest BCUT2D eigenvalue weighted by molar-refractivity contribution is -0.150. The summed E-state index contributed by atoms with van der Waals surface area (Å²) < 4.78 is 9.31. The molecule has 0 spiro atoms. The largest absolute Gasteiger partial charge is 0.462 e. The molecule has 0 N–H and O–H groups in total. The number of carbonyl (C=O) groups excluding carboxylic acids is 2. The molecule has 0 aromatic rings. The van der Waals surface area contributed by atoms with Gasteiger partial charge in [0.1, 0.15) is 18.0 Å². The van der Waals surface area contributed by atoms with Gasteiger partial charge in [-0.05, 0) is 0 Å². The standard InChI is InChI=1S/C7H10Br2O4/c1-5(10)12-2-3-13-7(11)6(9)4-8/h6H,2-4H2,1H3. The number of rotatable bonds is 5. The molecule has 0 aromatic carbocycles. The fraction of sp³-hybridized carbons (Fsp3) is 0.714. The maximum Gasteiger partial charge on any atom is 0.320 e. The molecule has 1 unspecified atom stereocenters. The molecule has 0 heterocycles. The predicted octanol–water partition coefficient (Wildman–Crippen LogP) is 1.25. The molecule has 0 aliphatic heterocycles. The van der Waals surface area contributed by atoms with E-state index < -0.39 is 0 Å². The molecule has 76 valence electrons. The molecule has 0 saturated carbocycles. The highest BCUT2D eigenvalue weighted by Crippen LogP contribution is 2.05. The predicted molar refractivity (Wildman–Crippen MR) is 54.1 cm³/mol. The highest BCUT2D eigenvalue weighted by Gasteiger charge is 2.14. The number of halogens is 2. The van der Waals surface area contributed by atoms with E-state index in [1.54, 1.807) is 0 Å². The topological polar surface area (TPSA) is 52.6 Å². The Morgan fingerprint density at radius 3 is 2.31 bits per heavy atom. The fourth-order valence-corrected chi connectivity index (χ4v) is 0.878. The number of carbonyl (C=O) groups is 2. The number of hydrogen-bond donors (Lipinski definition) is 0. The van der Waals surface area contributed by atoms with Crippen molar-refractivity contribution in [1.29, 1.82) is 0 Å². The third-order valence-electron chi connectivity index (χ3n) is 1.02. The van der Waals surface area contributed by atoms with Crippen LogP contribution in [0.1, 0.15) is 6.92 Å². The van der Waals surface area contributed by atoms with E-state index in [0.29, 0.717) is 5.33 Å². The van der Waals surface area contributed by atoms with Gasteiger partial charge in [0.05, 0.1) is 0 Å². The molecule has 0 bridgehead atoms. The SMILES string of the molecule is CC(=O)OCCOC(=O)C(Br)CBr. The zero-order valence-electron chi connectivity index (χ0n) is 7.09. The first-order chi connectivity index (χ1) is 6.07. The Morgan fingerprint density at radius 1 is 1.31 bits per heavy atom. The molecular formula is C7H10Br2O4. The van der Waals surface area contributed by atoms with Crippen molar-refractivity contribution in [3.63, 3.8) is 0 Å². The Labute approximate surface area is 93.2 Å². The van der Waals surface area contributed by atoms with Crippen LogP contribution in [0.2, 0.25) is 0 Å². The van der Waals surface area contributed by atoms with Gasteiger partial charge in [0.15, 0.2) is 0 Å². The summed E-state index contributed by atoms with van der Waals surface area (Å²) in [6.45, 7) is 1.49. The molecule has 6 heteroatoms. The van der Waals surface area contributed by atoms with Crippen molar-refractivity contribution in [2.75, 3.05) is 18.5 Å². The second-order valence-corrected chi connectivity index (χ2v) is 3.88. The van der Waals surface area contributed by atoms with Crippen LogP contribution >= 0.6 is 31.9 Å². The van der Waals surface area contributed by atoms with Crippen molar-refractivity contribution in [1.82, 2.24) is 0 Å². The van der Waals surface area contributed by atoms with Crippen LogP contribution in [0.25, 0.3) is 0 Å². The molecule has 0 amide bonds. The van der Waals surface area contributed by atoms with Crippen LogP contribution in [0.4, 0.5) is 0 Å². The third-order valence-corrected chi connectivity index (χ3v) is 3.24. The van der Waals surface area contributed by atoms with Crippen LogP contribution < -0.4 is 0 Å². The third kappa shape index (κ3) is 7.01. The van der Waals surface area contributed by atoms with Crippen LogP contribution in [-0.4, -0.2) is 35.3 Å². The highest BCUT2D eigenvalue weighted by molar-refractivity contribution is 9.12. The first kappa shape index (κ1) is 12.9. The summed E-state index contributed by atoms with van der Waals surface area (Å²) in [5, 5.41) is 0.486. The van der Waals surface area contributed by atoms with Gasteiger partial charge in [0, 0.05) is 12.3 Å². The van der Waals surface area contributed by atoms with Crippen LogP contribution in [0.15, 0.2) is 0 Å². The zero-order chi connectivity index (χ0) is 10.3. The van der Waals surface area contributed by atoms with Gasteiger partial charge < -0.3 is 9.47 Å². The minimum atomic E-state index is -0.382. The lowest BCUT2D eigenvalue weighted by atomic mass is 10.5. The van der Waals surface area contributed by atoms with Crippen molar-refractivity contribution in [3.05, 3.63) is 0 Å². The first-order valence-electron chi connectivity index (χ1n) is 3.58. The number of esters is 2. The Kier molecular flexibility index (Phi) is 7.26. The molecule has 0 saturated heterocycles. The smallest absolute Gasteiger partial charge is 0.320 e. The van der Waals surface area contributed by atoms with Gasteiger partial charge >= 0.3 is 11.9 Å². The molecule has 4 nitrogen and oxygen atoms in total. The van der Waals surface area contributed by atoms with Crippen molar-refractivity contribution in [3.8, 4) is 0 Å². The first-order valence-corrected chi connectivity index (χ1v) is 5.61. The van der Waals surface area contributed by atoms with E-state index in [1.807, 2.05) is 0 Å². The summed E-state index contributed by atoms with van der Waals surface area (Å²) in [4.78, 5) is 20.9. The Hall–Kier alpha value is -0.100. The number of hydrogen-bond acceptors (Lipinski definition) is 4. The maximum atomic E-state index is 11.0. The molecule has 1 atom stereocenters. The normalized spacial score (nSPS) is 11.9. The van der Waals surface area contributed by atoms with Crippen LogP contribution in [0.5, 0.6) is 0 Å². The molecule has 0 aliphatic rings. The van der Waals surface area contributed by atoms with E-state index >= 15 is 0 Å². The van der Waals surface area contributed by atoms with Gasteiger partial charge in [-0.25, -0.2) is 0 Å². The van der Waals surface area contributed by atoms with Crippen molar-refractivity contribution >= 4 is 43.8 Å². The molecule has 0 aromatic heterocycles. The molecule has 0 rings (SSSR count). The highest BCUT2D eigenvalue weighted by atomic mass is 79.9. The van der Waals surface area contributed by atoms with Crippen molar-refractivity contribution < 1.29 is 19.1 Å². The lowest BCUT2D eigenvalue weighted by Crippen LogP contribution is -2.21. The van der Waals surface area contributed by atoms with Crippen molar-refractivity contribution in [2.45, 2.75) is 11.8 Å². The zero-order valence-corrected chi connectivity index (χ0v) is 10.3. The number of alkyl halides is 2. The summed E-state index contributed by atoms with van der Waals surface area (Å²) >= 11 is 6.21. The molecule has 0 radical (unpaired) electrons. The van der Waals surface area contributed by atoms with E-state index in [9.17, 15) is 9.59 Å². The second-order valence-electron chi connectivity index (χ2n) is 2.13. The maximum absolute atomic E-state index is 11.0. The van der Waals surface area contributed by atoms with Crippen LogP contribution in [0.3, 0.4) is 0 Å². The monoisotopic (exact) mass is 316 g/mol. The summed E-state index contributed by atoms with van der Waals surface area (Å²) in [5.41, 5.74) is 0. The van der Waals surface area contributed by atoms with Gasteiger partial charge in [-0.1, -0.05) is 31.9 Å².